The third kappa shape index (κ3) is 3.12. The number of carboxylic acid groups (broad SMARTS) is 1. The van der Waals surface area contributed by atoms with Gasteiger partial charge in [0.25, 0.3) is 0 Å². The molecule has 1 aromatic carbocycles. The molecule has 0 bridgehead atoms. The molecule has 2 aromatic rings. The van der Waals surface area contributed by atoms with Crippen LogP contribution >= 0.6 is 0 Å². The van der Waals surface area contributed by atoms with Gasteiger partial charge in [0.2, 0.25) is 5.91 Å². The molecule has 0 aliphatic rings. The Hall–Kier alpha value is -2.41. The number of hydrogen-bond acceptors (Lipinski definition) is 5. The lowest BCUT2D eigenvalue weighted by atomic mass is 10.2. The van der Waals surface area contributed by atoms with Crippen molar-refractivity contribution in [3.05, 3.63) is 24.1 Å². The van der Waals surface area contributed by atoms with Gasteiger partial charge in [-0.3, -0.25) is 9.59 Å². The van der Waals surface area contributed by atoms with Crippen LogP contribution in [0.2, 0.25) is 0 Å². The minimum absolute atomic E-state index is 0.419. The number of carboxylic acids is 1. The van der Waals surface area contributed by atoms with Gasteiger partial charge in [0.05, 0.1) is 12.5 Å². The molecule has 1 unspecified atom stereocenters. The molecular formula is C13H15N3O4. The molecule has 106 valence electrons. The molecule has 1 amide bonds. The number of oxazole rings is 1. The fourth-order valence-electron chi connectivity index (χ4n) is 1.72. The van der Waals surface area contributed by atoms with E-state index in [0.29, 0.717) is 29.1 Å². The number of nitrogens with one attached hydrogen (secondary N) is 1. The van der Waals surface area contributed by atoms with E-state index >= 15 is 0 Å². The molecule has 0 fully saturated rings. The number of aryl methyl sites for hydroxylation is 1. The number of amides is 1. The van der Waals surface area contributed by atoms with E-state index in [1.807, 2.05) is 6.92 Å². The lowest BCUT2D eigenvalue weighted by Crippen LogP contribution is -2.37. The number of nitrogens with two attached hydrogens (primary N) is 1. The molecule has 0 radical (unpaired) electrons. The summed E-state index contributed by atoms with van der Waals surface area (Å²) in [6.07, 6.45) is 0.262. The third-order valence-corrected chi connectivity index (χ3v) is 2.73. The van der Waals surface area contributed by atoms with Gasteiger partial charge in [-0.25, -0.2) is 4.98 Å². The highest BCUT2D eigenvalue weighted by atomic mass is 16.4. The van der Waals surface area contributed by atoms with Crippen LogP contribution in [0.15, 0.2) is 22.6 Å². The number of carbonyl (C=O) groups excluding carboxylic acids is 1. The zero-order chi connectivity index (χ0) is 14.7. The molecule has 7 heteroatoms. The van der Waals surface area contributed by atoms with Gasteiger partial charge in [-0.05, 0) is 18.2 Å². The number of carbonyl (C=O) groups is 2. The summed E-state index contributed by atoms with van der Waals surface area (Å²) in [6, 6.07) is 3.91. The van der Waals surface area contributed by atoms with E-state index < -0.39 is 24.3 Å². The summed E-state index contributed by atoms with van der Waals surface area (Å²) >= 11 is 0. The lowest BCUT2D eigenvalue weighted by Gasteiger charge is -2.09. The Morgan fingerprint density at radius 3 is 2.90 bits per heavy atom. The maximum Gasteiger partial charge on any atom is 0.305 e. The summed E-state index contributed by atoms with van der Waals surface area (Å²) in [6.45, 7) is 1.93. The van der Waals surface area contributed by atoms with Gasteiger partial charge in [-0.2, -0.15) is 0 Å². The fourth-order valence-corrected chi connectivity index (χ4v) is 1.72. The highest BCUT2D eigenvalue weighted by Crippen LogP contribution is 2.20. The maximum atomic E-state index is 11.7. The van der Waals surface area contributed by atoms with Crippen molar-refractivity contribution in [1.82, 2.24) is 4.98 Å². The van der Waals surface area contributed by atoms with Crippen molar-refractivity contribution < 1.29 is 19.1 Å². The standard InChI is InChI=1S/C13H15N3O4/c1-2-11-16-9-5-7(3-4-10(9)20-11)15-13(19)8(14)6-12(17)18/h3-5,8H,2,6,14H2,1H3,(H,15,19)(H,17,18). The second-order valence-electron chi connectivity index (χ2n) is 4.34. The van der Waals surface area contributed by atoms with Gasteiger partial charge in [0.1, 0.15) is 5.52 Å². The SMILES string of the molecule is CCc1nc2cc(NC(=O)C(N)CC(=O)O)ccc2o1. The summed E-state index contributed by atoms with van der Waals surface area (Å²) in [4.78, 5) is 26.4. The lowest BCUT2D eigenvalue weighted by molar-refractivity contribution is -0.138. The molecule has 1 aromatic heterocycles. The highest BCUT2D eigenvalue weighted by molar-refractivity contribution is 5.97. The molecule has 0 aliphatic heterocycles. The minimum atomic E-state index is -1.12. The molecule has 2 rings (SSSR count). The fraction of sp³-hybridized carbons (Fsp3) is 0.308. The molecule has 1 atom stereocenters. The number of benzene rings is 1. The van der Waals surface area contributed by atoms with Gasteiger partial charge in [0, 0.05) is 12.1 Å². The molecule has 0 saturated carbocycles. The van der Waals surface area contributed by atoms with Crippen LogP contribution in [0.1, 0.15) is 19.2 Å². The van der Waals surface area contributed by atoms with Gasteiger partial charge < -0.3 is 20.6 Å². The molecule has 7 nitrogen and oxygen atoms in total. The normalized spacial score (nSPS) is 12.3. The third-order valence-electron chi connectivity index (χ3n) is 2.73. The molecule has 0 saturated heterocycles. The average molecular weight is 277 g/mol. The number of nitrogens with zero attached hydrogens (tertiary/aromatic N) is 1. The number of aliphatic carboxylic acids is 1. The zero-order valence-electron chi connectivity index (χ0n) is 10.9. The zero-order valence-corrected chi connectivity index (χ0v) is 10.9. The Bertz CT molecular complexity index is 650. The molecule has 0 aliphatic carbocycles. The Balaban J connectivity index is 2.13. The van der Waals surface area contributed by atoms with E-state index in [-0.39, 0.29) is 0 Å². The second-order valence-corrected chi connectivity index (χ2v) is 4.34. The van der Waals surface area contributed by atoms with Gasteiger partial charge in [0.15, 0.2) is 11.5 Å². The van der Waals surface area contributed by atoms with E-state index in [1.165, 1.54) is 0 Å². The van der Waals surface area contributed by atoms with Crippen LogP contribution in [0.5, 0.6) is 0 Å². The van der Waals surface area contributed by atoms with Crippen molar-refractivity contribution in [1.29, 1.82) is 0 Å². The van der Waals surface area contributed by atoms with E-state index in [0.717, 1.165) is 0 Å². The quantitative estimate of drug-likeness (QED) is 0.753. The van der Waals surface area contributed by atoms with Crippen LogP contribution in [0.25, 0.3) is 11.1 Å². The summed E-state index contributed by atoms with van der Waals surface area (Å²) in [5, 5.41) is 11.1. The van der Waals surface area contributed by atoms with E-state index in [4.69, 9.17) is 15.3 Å². The molecular weight excluding hydrogens is 262 g/mol. The topological polar surface area (TPSA) is 118 Å². The van der Waals surface area contributed by atoms with E-state index in [2.05, 4.69) is 10.3 Å². The first kappa shape index (κ1) is 14.0. The summed E-state index contributed by atoms with van der Waals surface area (Å²) < 4.78 is 5.45. The predicted molar refractivity (Wildman–Crippen MR) is 72.2 cm³/mol. The Morgan fingerprint density at radius 1 is 1.50 bits per heavy atom. The van der Waals surface area contributed by atoms with Crippen LogP contribution in [-0.4, -0.2) is 28.0 Å². The van der Waals surface area contributed by atoms with Gasteiger partial charge >= 0.3 is 5.97 Å². The number of fused-ring (bicyclic) bond motifs is 1. The number of aromatic nitrogens is 1. The van der Waals surface area contributed by atoms with Gasteiger partial charge in [-0.1, -0.05) is 6.92 Å². The Labute approximate surface area is 114 Å². The maximum absolute atomic E-state index is 11.7. The second kappa shape index (κ2) is 5.70. The van der Waals surface area contributed by atoms with Crippen LogP contribution < -0.4 is 11.1 Å². The first-order chi connectivity index (χ1) is 9.49. The molecule has 1 heterocycles. The minimum Gasteiger partial charge on any atom is -0.481 e. The molecule has 20 heavy (non-hydrogen) atoms. The largest absolute Gasteiger partial charge is 0.481 e. The van der Waals surface area contributed by atoms with Crippen LogP contribution in [-0.2, 0) is 16.0 Å². The van der Waals surface area contributed by atoms with Crippen molar-refractivity contribution in [2.75, 3.05) is 5.32 Å². The molecule has 4 N–H and O–H groups in total. The number of hydrogen-bond donors (Lipinski definition) is 3. The van der Waals surface area contributed by atoms with E-state index in [1.54, 1.807) is 18.2 Å². The van der Waals surface area contributed by atoms with Crippen molar-refractivity contribution >= 4 is 28.7 Å². The van der Waals surface area contributed by atoms with Crippen molar-refractivity contribution in [2.45, 2.75) is 25.8 Å². The van der Waals surface area contributed by atoms with E-state index in [9.17, 15) is 9.59 Å². The highest BCUT2D eigenvalue weighted by Gasteiger charge is 2.17. The first-order valence-electron chi connectivity index (χ1n) is 6.17. The van der Waals surface area contributed by atoms with Crippen LogP contribution in [0.4, 0.5) is 5.69 Å². The first-order valence-corrected chi connectivity index (χ1v) is 6.17. The Morgan fingerprint density at radius 2 is 2.25 bits per heavy atom. The van der Waals surface area contributed by atoms with Crippen molar-refractivity contribution in [3.8, 4) is 0 Å². The molecule has 0 spiro atoms. The van der Waals surface area contributed by atoms with Crippen LogP contribution in [0, 0.1) is 0 Å². The monoisotopic (exact) mass is 277 g/mol. The van der Waals surface area contributed by atoms with Crippen molar-refractivity contribution in [2.24, 2.45) is 5.73 Å². The average Bonchev–Trinajstić information content (AvgIpc) is 2.80. The van der Waals surface area contributed by atoms with Crippen molar-refractivity contribution in [3.63, 3.8) is 0 Å². The predicted octanol–water partition coefficient (Wildman–Crippen LogP) is 1.13. The number of anilines is 1. The van der Waals surface area contributed by atoms with Crippen LogP contribution in [0.3, 0.4) is 0 Å². The summed E-state index contributed by atoms with van der Waals surface area (Å²) in [5.74, 6) is -1.05. The van der Waals surface area contributed by atoms with Gasteiger partial charge in [-0.15, -0.1) is 0 Å². The summed E-state index contributed by atoms with van der Waals surface area (Å²) in [5.41, 5.74) is 7.24. The number of rotatable bonds is 5. The smallest absolute Gasteiger partial charge is 0.305 e. The Kier molecular flexibility index (Phi) is 3.99. The summed E-state index contributed by atoms with van der Waals surface area (Å²) in [7, 11) is 0.